The monoisotopic (exact) mass is 249 g/mol. The molecule has 0 aliphatic rings. The highest BCUT2D eigenvalue weighted by atomic mass is 16.7. The van der Waals surface area contributed by atoms with Crippen molar-refractivity contribution in [3.8, 4) is 0 Å². The molecule has 1 aromatic carbocycles. The molecule has 0 heterocycles. The number of ether oxygens (including phenoxy) is 2. The number of methoxy groups -OCH3 is 2. The Labute approximate surface area is 110 Å². The van der Waals surface area contributed by atoms with Gasteiger partial charge in [-0.3, -0.25) is 0 Å². The molecule has 0 aliphatic carbocycles. The van der Waals surface area contributed by atoms with Gasteiger partial charge in [-0.05, 0) is 19.4 Å². The van der Waals surface area contributed by atoms with Gasteiger partial charge in [0.05, 0.1) is 6.04 Å². The van der Waals surface area contributed by atoms with Crippen molar-refractivity contribution in [2.75, 3.05) is 14.2 Å². The highest BCUT2D eigenvalue weighted by Crippen LogP contribution is 2.11. The Morgan fingerprint density at radius 3 is 2.33 bits per heavy atom. The summed E-state index contributed by atoms with van der Waals surface area (Å²) in [7, 11) is 3.32. The minimum Gasteiger partial charge on any atom is -0.354 e. The van der Waals surface area contributed by atoms with Crippen LogP contribution in [0.2, 0.25) is 0 Å². The molecule has 0 saturated heterocycles. The van der Waals surface area contributed by atoms with Crippen LogP contribution in [0.4, 0.5) is 0 Å². The molecule has 0 unspecified atom stereocenters. The highest BCUT2D eigenvalue weighted by Gasteiger charge is 2.21. The summed E-state index contributed by atoms with van der Waals surface area (Å²) in [5.74, 6) is 0. The topological polar surface area (TPSA) is 30.5 Å². The van der Waals surface area contributed by atoms with Gasteiger partial charge >= 0.3 is 0 Å². The van der Waals surface area contributed by atoms with E-state index in [0.717, 1.165) is 6.54 Å². The van der Waals surface area contributed by atoms with Crippen LogP contribution >= 0.6 is 0 Å². The molecule has 0 aliphatic heterocycles. The smallest absolute Gasteiger partial charge is 0.175 e. The number of benzene rings is 1. The maximum absolute atomic E-state index is 5.35. The number of allylic oxidation sites excluding steroid dienone is 1. The van der Waals surface area contributed by atoms with Gasteiger partial charge in [-0.1, -0.05) is 42.0 Å². The second-order valence-corrected chi connectivity index (χ2v) is 4.22. The summed E-state index contributed by atoms with van der Waals surface area (Å²) in [6.07, 6.45) is 1.80. The maximum atomic E-state index is 5.35. The van der Waals surface area contributed by atoms with Crippen molar-refractivity contribution in [3.05, 3.63) is 47.5 Å². The summed E-state index contributed by atoms with van der Waals surface area (Å²) >= 11 is 0. The van der Waals surface area contributed by atoms with Gasteiger partial charge in [0.25, 0.3) is 0 Å². The van der Waals surface area contributed by atoms with E-state index in [1.165, 1.54) is 11.1 Å². The van der Waals surface area contributed by atoms with Crippen molar-refractivity contribution < 1.29 is 9.47 Å². The summed E-state index contributed by atoms with van der Waals surface area (Å²) in [5, 5.41) is 3.47. The van der Waals surface area contributed by atoms with E-state index in [0.29, 0.717) is 0 Å². The molecule has 0 saturated carbocycles. The van der Waals surface area contributed by atoms with Crippen LogP contribution in [-0.4, -0.2) is 26.6 Å². The minimum atomic E-state index is -0.273. The van der Waals surface area contributed by atoms with Crippen LogP contribution in [0.1, 0.15) is 19.4 Å². The van der Waals surface area contributed by atoms with Gasteiger partial charge in [0.1, 0.15) is 0 Å². The third-order valence-electron chi connectivity index (χ3n) is 3.05. The van der Waals surface area contributed by atoms with Crippen molar-refractivity contribution in [1.29, 1.82) is 0 Å². The van der Waals surface area contributed by atoms with E-state index < -0.39 is 0 Å². The zero-order chi connectivity index (χ0) is 13.4. The Kier molecular flexibility index (Phi) is 6.65. The van der Waals surface area contributed by atoms with Gasteiger partial charge in [-0.2, -0.15) is 0 Å². The van der Waals surface area contributed by atoms with Crippen molar-refractivity contribution in [3.63, 3.8) is 0 Å². The van der Waals surface area contributed by atoms with E-state index in [1.54, 1.807) is 14.2 Å². The van der Waals surface area contributed by atoms with Crippen molar-refractivity contribution in [1.82, 2.24) is 5.32 Å². The van der Waals surface area contributed by atoms with Crippen LogP contribution in [0.3, 0.4) is 0 Å². The lowest BCUT2D eigenvalue weighted by atomic mass is 10.1. The molecule has 0 fully saturated rings. The molecular formula is C15H23NO2. The van der Waals surface area contributed by atoms with E-state index in [-0.39, 0.29) is 12.3 Å². The van der Waals surface area contributed by atoms with E-state index in [4.69, 9.17) is 9.47 Å². The van der Waals surface area contributed by atoms with E-state index >= 15 is 0 Å². The lowest BCUT2D eigenvalue weighted by Gasteiger charge is -2.26. The predicted molar refractivity (Wildman–Crippen MR) is 74.3 cm³/mol. The van der Waals surface area contributed by atoms with Gasteiger partial charge in [-0.25, -0.2) is 0 Å². The van der Waals surface area contributed by atoms with Gasteiger partial charge in [0, 0.05) is 20.8 Å². The molecule has 0 amide bonds. The Balaban J connectivity index is 2.67. The first-order chi connectivity index (χ1) is 8.72. The molecule has 0 radical (unpaired) electrons. The molecule has 3 heteroatoms. The molecule has 0 spiro atoms. The lowest BCUT2D eigenvalue weighted by Crippen LogP contribution is -2.42. The fraction of sp³-hybridized carbons (Fsp3) is 0.467. The molecule has 18 heavy (non-hydrogen) atoms. The molecule has 1 aromatic rings. The molecule has 1 atom stereocenters. The Morgan fingerprint density at radius 1 is 1.22 bits per heavy atom. The standard InChI is InChI=1S/C15H23NO2/c1-5-12(2)14(15(17-3)18-4)16-11-13-9-7-6-8-10-13/h5-10,14-16H,11H2,1-4H3/b12-5-/t14-/m0/s1. The van der Waals surface area contributed by atoms with E-state index in [9.17, 15) is 0 Å². The molecule has 1 rings (SSSR count). The molecule has 1 N–H and O–H groups in total. The molecule has 0 aromatic heterocycles. The Bertz CT molecular complexity index is 358. The lowest BCUT2D eigenvalue weighted by molar-refractivity contribution is -0.116. The first-order valence-electron chi connectivity index (χ1n) is 6.18. The molecule has 3 nitrogen and oxygen atoms in total. The largest absolute Gasteiger partial charge is 0.354 e. The summed E-state index contributed by atoms with van der Waals surface area (Å²) in [6.45, 7) is 4.89. The van der Waals surface area contributed by atoms with Gasteiger partial charge in [0.15, 0.2) is 6.29 Å². The molecule has 100 valence electrons. The number of hydrogen-bond acceptors (Lipinski definition) is 3. The normalized spacial score (nSPS) is 13.9. The molecule has 0 bridgehead atoms. The SMILES string of the molecule is C/C=C(/C)[C@H](NCc1ccccc1)C(OC)OC. The van der Waals surface area contributed by atoms with Crippen LogP contribution < -0.4 is 5.32 Å². The van der Waals surface area contributed by atoms with E-state index in [2.05, 4.69) is 30.4 Å². The van der Waals surface area contributed by atoms with Crippen molar-refractivity contribution >= 4 is 0 Å². The van der Waals surface area contributed by atoms with Crippen LogP contribution in [0.15, 0.2) is 42.0 Å². The van der Waals surface area contributed by atoms with E-state index in [1.807, 2.05) is 25.1 Å². The zero-order valence-corrected chi connectivity index (χ0v) is 11.6. The number of nitrogens with one attached hydrogen (secondary N) is 1. The van der Waals surface area contributed by atoms with Gasteiger partial charge < -0.3 is 14.8 Å². The summed E-state index contributed by atoms with van der Waals surface area (Å²) < 4.78 is 10.7. The van der Waals surface area contributed by atoms with Crippen molar-refractivity contribution in [2.45, 2.75) is 32.7 Å². The maximum Gasteiger partial charge on any atom is 0.175 e. The second kappa shape index (κ2) is 8.03. The number of hydrogen-bond donors (Lipinski definition) is 1. The fourth-order valence-electron chi connectivity index (χ4n) is 1.84. The zero-order valence-electron chi connectivity index (χ0n) is 11.6. The van der Waals surface area contributed by atoms with Crippen LogP contribution in [-0.2, 0) is 16.0 Å². The highest BCUT2D eigenvalue weighted by molar-refractivity contribution is 5.16. The Hall–Kier alpha value is -1.16. The molecular weight excluding hydrogens is 226 g/mol. The number of rotatable bonds is 7. The fourth-order valence-corrected chi connectivity index (χ4v) is 1.84. The third kappa shape index (κ3) is 4.26. The second-order valence-electron chi connectivity index (χ2n) is 4.22. The average Bonchev–Trinajstić information content (AvgIpc) is 2.43. The van der Waals surface area contributed by atoms with Crippen LogP contribution in [0, 0.1) is 0 Å². The van der Waals surface area contributed by atoms with Gasteiger partial charge in [-0.15, -0.1) is 0 Å². The third-order valence-corrected chi connectivity index (χ3v) is 3.05. The summed E-state index contributed by atoms with van der Waals surface area (Å²) in [6, 6.07) is 10.4. The van der Waals surface area contributed by atoms with Crippen molar-refractivity contribution in [2.24, 2.45) is 0 Å². The van der Waals surface area contributed by atoms with Crippen LogP contribution in [0.5, 0.6) is 0 Å². The first kappa shape index (κ1) is 14.9. The summed E-state index contributed by atoms with van der Waals surface area (Å²) in [4.78, 5) is 0. The van der Waals surface area contributed by atoms with Gasteiger partial charge in [0.2, 0.25) is 0 Å². The summed E-state index contributed by atoms with van der Waals surface area (Å²) in [5.41, 5.74) is 2.46. The quantitative estimate of drug-likeness (QED) is 0.595. The predicted octanol–water partition coefficient (Wildman–Crippen LogP) is 2.73. The van der Waals surface area contributed by atoms with Crippen LogP contribution in [0.25, 0.3) is 0 Å². The minimum absolute atomic E-state index is 0.0604. The first-order valence-corrected chi connectivity index (χ1v) is 6.18. The average molecular weight is 249 g/mol. The Morgan fingerprint density at radius 2 is 1.83 bits per heavy atom.